The number of primary amides is 1. The zero-order valence-corrected chi connectivity index (χ0v) is 15.8. The molecule has 146 valence electrons. The SMILES string of the molecule is N=C(NC(=O)Cc1ccc(Oc2ncccc2C(N)=O)c(Cl)c1)c1cccnc1. The van der Waals surface area contributed by atoms with Crippen molar-refractivity contribution >= 4 is 29.3 Å². The van der Waals surface area contributed by atoms with Crippen molar-refractivity contribution in [1.29, 1.82) is 5.41 Å². The molecule has 0 fully saturated rings. The van der Waals surface area contributed by atoms with Crippen LogP contribution in [0.4, 0.5) is 0 Å². The van der Waals surface area contributed by atoms with Crippen molar-refractivity contribution in [3.63, 3.8) is 0 Å². The van der Waals surface area contributed by atoms with E-state index in [-0.39, 0.29) is 40.4 Å². The van der Waals surface area contributed by atoms with Crippen LogP contribution in [-0.4, -0.2) is 27.6 Å². The molecule has 2 amide bonds. The Bertz CT molecular complexity index is 1070. The number of carbonyl (C=O) groups is 2. The summed E-state index contributed by atoms with van der Waals surface area (Å²) in [6.45, 7) is 0. The summed E-state index contributed by atoms with van der Waals surface area (Å²) >= 11 is 6.25. The molecule has 0 saturated heterocycles. The van der Waals surface area contributed by atoms with Gasteiger partial charge in [0.2, 0.25) is 11.8 Å². The first-order valence-corrected chi connectivity index (χ1v) is 8.81. The first-order valence-electron chi connectivity index (χ1n) is 8.44. The van der Waals surface area contributed by atoms with Gasteiger partial charge in [-0.2, -0.15) is 0 Å². The minimum absolute atomic E-state index is 0.0127. The van der Waals surface area contributed by atoms with E-state index in [4.69, 9.17) is 27.5 Å². The lowest BCUT2D eigenvalue weighted by Crippen LogP contribution is -2.31. The second-order valence-corrected chi connectivity index (χ2v) is 6.34. The smallest absolute Gasteiger partial charge is 0.254 e. The van der Waals surface area contributed by atoms with Gasteiger partial charge in [-0.25, -0.2) is 4.98 Å². The molecule has 2 aromatic heterocycles. The maximum absolute atomic E-state index is 12.2. The molecular weight excluding hydrogens is 394 g/mol. The summed E-state index contributed by atoms with van der Waals surface area (Å²) in [4.78, 5) is 31.6. The Kier molecular flexibility index (Phi) is 6.16. The number of aromatic nitrogens is 2. The molecule has 8 nitrogen and oxygen atoms in total. The van der Waals surface area contributed by atoms with Crippen LogP contribution >= 0.6 is 11.6 Å². The normalized spacial score (nSPS) is 10.2. The number of hydrogen-bond donors (Lipinski definition) is 3. The number of amides is 2. The van der Waals surface area contributed by atoms with Crippen molar-refractivity contribution in [3.8, 4) is 11.6 Å². The topological polar surface area (TPSA) is 131 Å². The first-order chi connectivity index (χ1) is 13.9. The fourth-order valence-corrected chi connectivity index (χ4v) is 2.69. The minimum Gasteiger partial charge on any atom is -0.437 e. The number of carbonyl (C=O) groups excluding carboxylic acids is 2. The van der Waals surface area contributed by atoms with Gasteiger partial charge in [0.25, 0.3) is 5.91 Å². The summed E-state index contributed by atoms with van der Waals surface area (Å²) in [6, 6.07) is 11.2. The third-order valence-corrected chi connectivity index (χ3v) is 4.11. The highest BCUT2D eigenvalue weighted by atomic mass is 35.5. The van der Waals surface area contributed by atoms with Crippen LogP contribution < -0.4 is 15.8 Å². The van der Waals surface area contributed by atoms with Gasteiger partial charge in [0.1, 0.15) is 17.1 Å². The second-order valence-electron chi connectivity index (χ2n) is 5.93. The molecule has 0 bridgehead atoms. The van der Waals surface area contributed by atoms with Crippen molar-refractivity contribution < 1.29 is 14.3 Å². The van der Waals surface area contributed by atoms with Crippen LogP contribution in [0.25, 0.3) is 0 Å². The van der Waals surface area contributed by atoms with Gasteiger partial charge in [-0.15, -0.1) is 0 Å². The first kappa shape index (κ1) is 20.0. The number of nitrogens with two attached hydrogens (primary N) is 1. The van der Waals surface area contributed by atoms with E-state index < -0.39 is 5.91 Å². The van der Waals surface area contributed by atoms with Crippen LogP contribution in [0, 0.1) is 5.41 Å². The fraction of sp³-hybridized carbons (Fsp3) is 0.0500. The number of ether oxygens (including phenoxy) is 1. The maximum Gasteiger partial charge on any atom is 0.254 e. The lowest BCUT2D eigenvalue weighted by Gasteiger charge is -2.11. The monoisotopic (exact) mass is 409 g/mol. The lowest BCUT2D eigenvalue weighted by molar-refractivity contribution is -0.119. The van der Waals surface area contributed by atoms with Crippen molar-refractivity contribution in [1.82, 2.24) is 15.3 Å². The van der Waals surface area contributed by atoms with Crippen LogP contribution in [0.3, 0.4) is 0 Å². The van der Waals surface area contributed by atoms with E-state index in [0.717, 1.165) is 0 Å². The minimum atomic E-state index is -0.673. The molecule has 3 rings (SSSR count). The zero-order valence-electron chi connectivity index (χ0n) is 15.1. The quantitative estimate of drug-likeness (QED) is 0.425. The Balaban J connectivity index is 1.67. The number of rotatable bonds is 6. The molecule has 0 spiro atoms. The Morgan fingerprint density at radius 3 is 2.66 bits per heavy atom. The standard InChI is InChI=1S/C20H16ClN5O3/c21-15-9-12(10-17(27)26-18(22)13-3-1-7-24-11-13)5-6-16(15)29-20-14(19(23)28)4-2-8-25-20/h1-9,11H,10H2,(H2,23,28)(H2,22,26,27). The summed E-state index contributed by atoms with van der Waals surface area (Å²) < 4.78 is 5.60. The van der Waals surface area contributed by atoms with Crippen molar-refractivity contribution in [2.24, 2.45) is 5.73 Å². The molecule has 4 N–H and O–H groups in total. The van der Waals surface area contributed by atoms with Gasteiger partial charge in [-0.1, -0.05) is 17.7 Å². The van der Waals surface area contributed by atoms with Crippen LogP contribution in [0.1, 0.15) is 21.5 Å². The van der Waals surface area contributed by atoms with Crippen LogP contribution in [0.15, 0.2) is 61.1 Å². The molecule has 0 aliphatic rings. The predicted molar refractivity (Wildman–Crippen MR) is 107 cm³/mol. The van der Waals surface area contributed by atoms with Gasteiger partial charge < -0.3 is 15.8 Å². The molecule has 29 heavy (non-hydrogen) atoms. The average Bonchev–Trinajstić information content (AvgIpc) is 2.71. The predicted octanol–water partition coefficient (Wildman–Crippen LogP) is 2.71. The summed E-state index contributed by atoms with van der Waals surface area (Å²) in [7, 11) is 0. The van der Waals surface area contributed by atoms with Gasteiger partial charge in [-0.05, 0) is 42.0 Å². The van der Waals surface area contributed by atoms with Crippen LogP contribution in [0.2, 0.25) is 5.02 Å². The lowest BCUT2D eigenvalue weighted by atomic mass is 10.1. The Hall–Kier alpha value is -3.78. The van der Waals surface area contributed by atoms with E-state index in [1.165, 1.54) is 18.5 Å². The molecule has 0 aliphatic heterocycles. The molecule has 0 saturated carbocycles. The number of pyridine rings is 2. The van der Waals surface area contributed by atoms with Crippen molar-refractivity contribution in [2.45, 2.75) is 6.42 Å². The van der Waals surface area contributed by atoms with Crippen molar-refractivity contribution in [2.75, 3.05) is 0 Å². The van der Waals surface area contributed by atoms with E-state index in [2.05, 4.69) is 15.3 Å². The summed E-state index contributed by atoms with van der Waals surface area (Å²) in [5.41, 5.74) is 6.56. The molecule has 1 aromatic carbocycles. The Morgan fingerprint density at radius 1 is 1.17 bits per heavy atom. The Morgan fingerprint density at radius 2 is 1.97 bits per heavy atom. The highest BCUT2D eigenvalue weighted by Crippen LogP contribution is 2.30. The molecule has 0 radical (unpaired) electrons. The molecule has 2 heterocycles. The van der Waals surface area contributed by atoms with E-state index in [1.807, 2.05) is 0 Å². The highest BCUT2D eigenvalue weighted by molar-refractivity contribution is 6.32. The maximum atomic E-state index is 12.2. The number of nitrogens with zero attached hydrogens (tertiary/aromatic N) is 2. The van der Waals surface area contributed by atoms with Crippen molar-refractivity contribution in [3.05, 3.63) is 82.8 Å². The fourth-order valence-electron chi connectivity index (χ4n) is 2.45. The molecule has 3 aromatic rings. The molecule has 0 unspecified atom stereocenters. The van der Waals surface area contributed by atoms with Crippen LogP contribution in [0.5, 0.6) is 11.6 Å². The molecule has 0 atom stereocenters. The van der Waals surface area contributed by atoms with E-state index in [1.54, 1.807) is 42.6 Å². The van der Waals surface area contributed by atoms with E-state index in [0.29, 0.717) is 11.1 Å². The van der Waals surface area contributed by atoms with Gasteiger partial charge in [0.05, 0.1) is 11.4 Å². The van der Waals surface area contributed by atoms with Gasteiger partial charge >= 0.3 is 0 Å². The summed E-state index contributed by atoms with van der Waals surface area (Å²) in [5, 5.41) is 10.7. The largest absolute Gasteiger partial charge is 0.437 e. The molecular formula is C20H16ClN5O3. The van der Waals surface area contributed by atoms with Gasteiger partial charge in [0, 0.05) is 24.2 Å². The molecule has 0 aliphatic carbocycles. The third-order valence-electron chi connectivity index (χ3n) is 3.82. The van der Waals surface area contributed by atoms with Crippen LogP contribution in [-0.2, 0) is 11.2 Å². The van der Waals surface area contributed by atoms with Gasteiger partial charge in [0.15, 0.2) is 0 Å². The number of hydrogen-bond acceptors (Lipinski definition) is 6. The van der Waals surface area contributed by atoms with E-state index >= 15 is 0 Å². The van der Waals surface area contributed by atoms with E-state index in [9.17, 15) is 9.59 Å². The second kappa shape index (κ2) is 8.94. The highest BCUT2D eigenvalue weighted by Gasteiger charge is 2.14. The number of nitrogens with one attached hydrogen (secondary N) is 2. The number of benzene rings is 1. The number of amidine groups is 1. The number of halogens is 1. The zero-order chi connectivity index (χ0) is 20.8. The average molecular weight is 410 g/mol. The summed E-state index contributed by atoms with van der Waals surface area (Å²) in [6.07, 6.45) is 4.55. The Labute approximate surface area is 171 Å². The van der Waals surface area contributed by atoms with Gasteiger partial charge in [-0.3, -0.25) is 20.0 Å². The summed E-state index contributed by atoms with van der Waals surface area (Å²) in [5.74, 6) is -0.779. The molecule has 9 heteroatoms. The third kappa shape index (κ3) is 5.14.